The lowest BCUT2D eigenvalue weighted by Gasteiger charge is -2.07. The second-order valence-corrected chi connectivity index (χ2v) is 4.17. The van der Waals surface area contributed by atoms with E-state index in [1.54, 1.807) is 0 Å². The monoisotopic (exact) mass is 301 g/mol. The molecule has 0 aliphatic carbocycles. The first-order valence-electron chi connectivity index (χ1n) is 5.93. The maximum absolute atomic E-state index is 11.8. The quantitative estimate of drug-likeness (QED) is 0.686. The molecule has 0 saturated heterocycles. The molecule has 1 N–H and O–H groups in total. The summed E-state index contributed by atoms with van der Waals surface area (Å²) < 4.78 is 11.8. The van der Waals surface area contributed by atoms with Crippen LogP contribution in [-0.2, 0) is 4.94 Å². The van der Waals surface area contributed by atoms with Gasteiger partial charge in [0.1, 0.15) is 5.69 Å². The van der Waals surface area contributed by atoms with E-state index in [4.69, 9.17) is 5.26 Å². The number of hydrogen-bond donors (Lipinski definition) is 1. The Balaban J connectivity index is 2.29. The highest BCUT2D eigenvalue weighted by Gasteiger charge is 2.15. The number of hydrogen-bond acceptors (Lipinski definition) is 6. The number of halogens is 1. The summed E-state index contributed by atoms with van der Waals surface area (Å²) in [6, 6.07) is 11.3. The summed E-state index contributed by atoms with van der Waals surface area (Å²) in [4.78, 5) is 24.5. The molecule has 0 unspecified atom stereocenters. The van der Waals surface area contributed by atoms with Crippen LogP contribution < -0.4 is 5.32 Å². The molecule has 22 heavy (non-hydrogen) atoms. The van der Waals surface area contributed by atoms with E-state index in [1.807, 2.05) is 6.07 Å². The number of nitro benzene ring substituents is 1. The molecule has 110 valence electrons. The van der Waals surface area contributed by atoms with E-state index in [0.717, 1.165) is 6.07 Å². The van der Waals surface area contributed by atoms with Gasteiger partial charge in [0.2, 0.25) is 0 Å². The lowest BCUT2D eigenvalue weighted by molar-refractivity contribution is -0.383. The van der Waals surface area contributed by atoms with E-state index in [1.165, 1.54) is 36.4 Å². The molecule has 0 heterocycles. The molecule has 0 fully saturated rings. The highest BCUT2D eigenvalue weighted by Crippen LogP contribution is 2.28. The van der Waals surface area contributed by atoms with Crippen molar-refractivity contribution in [1.29, 1.82) is 5.26 Å². The summed E-state index contributed by atoms with van der Waals surface area (Å²) >= 11 is 0. The SMILES string of the molecule is N#Cc1ccc(Nc2ccc(C(=O)OF)cc2)c([N+](=O)[O-])c1. The van der Waals surface area contributed by atoms with Crippen molar-refractivity contribution < 1.29 is 19.2 Å². The van der Waals surface area contributed by atoms with Crippen LogP contribution in [0.5, 0.6) is 0 Å². The van der Waals surface area contributed by atoms with Crippen molar-refractivity contribution in [2.24, 2.45) is 0 Å². The first kappa shape index (κ1) is 14.9. The van der Waals surface area contributed by atoms with E-state index in [-0.39, 0.29) is 22.5 Å². The van der Waals surface area contributed by atoms with Crippen LogP contribution in [-0.4, -0.2) is 10.9 Å². The normalized spacial score (nSPS) is 9.64. The van der Waals surface area contributed by atoms with Crippen molar-refractivity contribution in [2.75, 3.05) is 5.32 Å². The van der Waals surface area contributed by atoms with E-state index in [9.17, 15) is 19.4 Å². The minimum absolute atomic E-state index is 0.00220. The maximum Gasteiger partial charge on any atom is 0.379 e. The Labute approximate surface area is 123 Å². The third-order valence-electron chi connectivity index (χ3n) is 2.79. The standard InChI is InChI=1S/C14H8FN3O4/c15-22-14(19)10-2-4-11(5-3-10)17-12-6-1-9(8-16)7-13(12)18(20)21/h1-7,17H. The highest BCUT2D eigenvalue weighted by atomic mass is 19.3. The zero-order valence-corrected chi connectivity index (χ0v) is 10.9. The van der Waals surface area contributed by atoms with Crippen molar-refractivity contribution >= 4 is 23.0 Å². The third kappa shape index (κ3) is 3.16. The Hall–Kier alpha value is -3.47. The van der Waals surface area contributed by atoms with Crippen LogP contribution >= 0.6 is 0 Å². The van der Waals surface area contributed by atoms with Gasteiger partial charge in [-0.25, -0.2) is 9.74 Å². The largest absolute Gasteiger partial charge is 0.379 e. The second-order valence-electron chi connectivity index (χ2n) is 4.17. The molecule has 0 amide bonds. The zero-order valence-electron chi connectivity index (χ0n) is 10.9. The zero-order chi connectivity index (χ0) is 16.1. The fourth-order valence-corrected chi connectivity index (χ4v) is 1.75. The molecule has 0 bridgehead atoms. The van der Waals surface area contributed by atoms with Gasteiger partial charge < -0.3 is 5.32 Å². The minimum Gasteiger partial charge on any atom is -0.350 e. The van der Waals surface area contributed by atoms with Gasteiger partial charge in [0.15, 0.2) is 0 Å². The number of carbonyl (C=O) groups excluding carboxylic acids is 1. The van der Waals surface area contributed by atoms with E-state index < -0.39 is 10.9 Å². The molecule has 8 heteroatoms. The summed E-state index contributed by atoms with van der Waals surface area (Å²) in [7, 11) is 0. The first-order chi connectivity index (χ1) is 10.5. The summed E-state index contributed by atoms with van der Waals surface area (Å²) in [6.45, 7) is 0. The van der Waals surface area contributed by atoms with Gasteiger partial charge in [0.05, 0.1) is 22.1 Å². The molecule has 0 aromatic heterocycles. The Morgan fingerprint density at radius 2 is 1.95 bits per heavy atom. The molecule has 0 spiro atoms. The molecule has 0 saturated carbocycles. The second kappa shape index (κ2) is 6.32. The Morgan fingerprint density at radius 1 is 1.27 bits per heavy atom. The number of nitriles is 1. The fraction of sp³-hybridized carbons (Fsp3) is 0. The van der Waals surface area contributed by atoms with Gasteiger partial charge in [0.25, 0.3) is 5.69 Å². The summed E-state index contributed by atoms with van der Waals surface area (Å²) in [5.41, 5.74) is 0.542. The molecule has 2 rings (SSSR count). The Kier molecular flexibility index (Phi) is 4.29. The van der Waals surface area contributed by atoms with Crippen molar-refractivity contribution in [3.8, 4) is 6.07 Å². The van der Waals surface area contributed by atoms with Gasteiger partial charge in [-0.05, 0) is 36.4 Å². The summed E-state index contributed by atoms with van der Waals surface area (Å²) in [6.07, 6.45) is 0. The number of nitrogens with zero attached hydrogens (tertiary/aromatic N) is 2. The molecule has 2 aromatic carbocycles. The van der Waals surface area contributed by atoms with Gasteiger partial charge in [-0.1, -0.05) is 0 Å². The average molecular weight is 301 g/mol. The maximum atomic E-state index is 11.8. The van der Waals surface area contributed by atoms with Crippen LogP contribution in [0.1, 0.15) is 15.9 Å². The third-order valence-corrected chi connectivity index (χ3v) is 2.79. The summed E-state index contributed by atoms with van der Waals surface area (Å²) in [5.74, 6) is -1.13. The molecule has 0 radical (unpaired) electrons. The molecule has 0 aliphatic rings. The fourth-order valence-electron chi connectivity index (χ4n) is 1.75. The van der Waals surface area contributed by atoms with Gasteiger partial charge in [-0.15, -0.1) is 0 Å². The number of benzene rings is 2. The molecule has 0 aliphatic heterocycles. The van der Waals surface area contributed by atoms with Gasteiger partial charge in [0, 0.05) is 16.3 Å². The first-order valence-corrected chi connectivity index (χ1v) is 5.93. The highest BCUT2D eigenvalue weighted by molar-refractivity contribution is 5.89. The lowest BCUT2D eigenvalue weighted by Crippen LogP contribution is -2.00. The Morgan fingerprint density at radius 3 is 2.50 bits per heavy atom. The van der Waals surface area contributed by atoms with Crippen LogP contribution in [0.3, 0.4) is 0 Å². The smallest absolute Gasteiger partial charge is 0.350 e. The van der Waals surface area contributed by atoms with Crippen LogP contribution in [0.25, 0.3) is 0 Å². The van der Waals surface area contributed by atoms with Crippen molar-refractivity contribution in [3.05, 3.63) is 63.7 Å². The summed E-state index contributed by atoms with van der Waals surface area (Å²) in [5, 5.41) is 22.6. The molecule has 7 nitrogen and oxygen atoms in total. The minimum atomic E-state index is -1.13. The van der Waals surface area contributed by atoms with Crippen LogP contribution in [0, 0.1) is 21.4 Å². The topological polar surface area (TPSA) is 105 Å². The number of nitrogens with one attached hydrogen (secondary N) is 1. The molecular weight excluding hydrogens is 293 g/mol. The van der Waals surface area contributed by atoms with Gasteiger partial charge >= 0.3 is 5.97 Å². The number of anilines is 2. The molecular formula is C14H8FN3O4. The lowest BCUT2D eigenvalue weighted by atomic mass is 10.1. The van der Waals surface area contributed by atoms with Gasteiger partial charge in [-0.2, -0.15) is 5.26 Å². The van der Waals surface area contributed by atoms with Crippen LogP contribution in [0.4, 0.5) is 21.6 Å². The predicted molar refractivity (Wildman–Crippen MR) is 74.1 cm³/mol. The predicted octanol–water partition coefficient (Wildman–Crippen LogP) is 3.25. The van der Waals surface area contributed by atoms with Crippen molar-refractivity contribution in [1.82, 2.24) is 0 Å². The van der Waals surface area contributed by atoms with E-state index in [2.05, 4.69) is 10.3 Å². The molecule has 2 aromatic rings. The Bertz CT molecular complexity index is 769. The number of carbonyl (C=O) groups is 1. The van der Waals surface area contributed by atoms with E-state index in [0.29, 0.717) is 5.69 Å². The van der Waals surface area contributed by atoms with E-state index >= 15 is 0 Å². The number of nitro groups is 1. The van der Waals surface area contributed by atoms with Crippen LogP contribution in [0.15, 0.2) is 42.5 Å². The molecule has 0 atom stereocenters. The van der Waals surface area contributed by atoms with Crippen molar-refractivity contribution in [3.63, 3.8) is 0 Å². The van der Waals surface area contributed by atoms with Gasteiger partial charge in [-0.3, -0.25) is 10.1 Å². The number of rotatable bonds is 4. The van der Waals surface area contributed by atoms with Crippen molar-refractivity contribution in [2.45, 2.75) is 0 Å². The van der Waals surface area contributed by atoms with Crippen LogP contribution in [0.2, 0.25) is 0 Å². The average Bonchev–Trinajstić information content (AvgIpc) is 2.55.